The maximum absolute atomic E-state index is 12.7. The molecule has 6 nitrogen and oxygen atoms in total. The molecule has 55 heavy (non-hydrogen) atoms. The predicted octanol–water partition coefficient (Wildman–Crippen LogP) is 13.4. The third-order valence-corrected chi connectivity index (χ3v) is 8.22. The molecule has 0 aromatic carbocycles. The summed E-state index contributed by atoms with van der Waals surface area (Å²) in [5.41, 5.74) is 0. The Morgan fingerprint density at radius 3 is 1.11 bits per heavy atom. The van der Waals surface area contributed by atoms with E-state index in [2.05, 4.69) is 32.9 Å². The van der Waals surface area contributed by atoms with E-state index in [9.17, 15) is 14.4 Å². The van der Waals surface area contributed by atoms with Gasteiger partial charge in [0.05, 0.1) is 0 Å². The average molecular weight is 759 g/mol. The van der Waals surface area contributed by atoms with Crippen LogP contribution in [0.4, 0.5) is 0 Å². The highest BCUT2D eigenvalue weighted by molar-refractivity contribution is 5.71. The summed E-state index contributed by atoms with van der Waals surface area (Å²) in [4.78, 5) is 37.6. The number of carbonyl (C=O) groups is 3. The highest BCUT2D eigenvalue weighted by atomic mass is 16.6. The van der Waals surface area contributed by atoms with Crippen LogP contribution >= 0.6 is 0 Å². The Morgan fingerprint density at radius 2 is 0.709 bits per heavy atom. The molecule has 0 amide bonds. The van der Waals surface area contributed by atoms with Gasteiger partial charge in [-0.25, -0.2) is 0 Å². The van der Waals surface area contributed by atoms with E-state index < -0.39 is 12.1 Å². The van der Waals surface area contributed by atoms with Crippen LogP contribution in [0, 0.1) is 0 Å². The van der Waals surface area contributed by atoms with Crippen molar-refractivity contribution in [2.24, 2.45) is 0 Å². The molecular weight excluding hydrogens is 685 g/mol. The molecule has 0 heterocycles. The van der Waals surface area contributed by atoms with Gasteiger partial charge in [0.2, 0.25) is 0 Å². The molecule has 6 heteroatoms. The number of ether oxygens (including phenoxy) is 3. The van der Waals surface area contributed by atoms with Crippen molar-refractivity contribution in [1.29, 1.82) is 0 Å². The Hall–Kier alpha value is -4.19. The minimum Gasteiger partial charge on any atom is -0.462 e. The van der Waals surface area contributed by atoms with E-state index in [0.717, 1.165) is 38.5 Å². The molecule has 0 saturated heterocycles. The average Bonchev–Trinajstić information content (AvgIpc) is 3.18. The van der Waals surface area contributed by atoms with Gasteiger partial charge in [-0.3, -0.25) is 14.4 Å². The second-order valence-electron chi connectivity index (χ2n) is 13.4. The number of hydrogen-bond acceptors (Lipinski definition) is 6. The molecule has 1 unspecified atom stereocenters. The molecule has 0 fully saturated rings. The molecule has 0 aromatic heterocycles. The Kier molecular flexibility index (Phi) is 39.3. The van der Waals surface area contributed by atoms with E-state index >= 15 is 0 Å². The van der Waals surface area contributed by atoms with Crippen molar-refractivity contribution in [1.82, 2.24) is 0 Å². The van der Waals surface area contributed by atoms with Gasteiger partial charge in [0.15, 0.2) is 6.10 Å². The molecule has 0 saturated carbocycles. The first kappa shape index (κ1) is 50.8. The summed E-state index contributed by atoms with van der Waals surface area (Å²) in [6.07, 6.45) is 57.7. The first-order chi connectivity index (χ1) is 27.0. The summed E-state index contributed by atoms with van der Waals surface area (Å²) in [5, 5.41) is 0. The predicted molar refractivity (Wildman–Crippen MR) is 233 cm³/mol. The Balaban J connectivity index is 4.66. The lowest BCUT2D eigenvalue weighted by Crippen LogP contribution is -2.30. The highest BCUT2D eigenvalue weighted by Gasteiger charge is 2.19. The maximum Gasteiger partial charge on any atom is 0.306 e. The maximum atomic E-state index is 12.7. The third kappa shape index (κ3) is 40.8. The van der Waals surface area contributed by atoms with Crippen LogP contribution in [0.25, 0.3) is 0 Å². The van der Waals surface area contributed by atoms with Crippen LogP contribution in [-0.4, -0.2) is 37.2 Å². The summed E-state index contributed by atoms with van der Waals surface area (Å²) in [5.74, 6) is -1.10. The Bertz CT molecular complexity index is 1240. The van der Waals surface area contributed by atoms with E-state index in [-0.39, 0.29) is 38.0 Å². The molecule has 0 aliphatic carbocycles. The number of esters is 3. The van der Waals surface area contributed by atoms with Crippen molar-refractivity contribution in [2.75, 3.05) is 13.2 Å². The van der Waals surface area contributed by atoms with Gasteiger partial charge in [-0.2, -0.15) is 0 Å². The topological polar surface area (TPSA) is 78.9 Å². The lowest BCUT2D eigenvalue weighted by atomic mass is 10.1. The molecule has 0 aliphatic heterocycles. The number of unbranched alkanes of at least 4 members (excludes halogenated alkanes) is 12. The van der Waals surface area contributed by atoms with Gasteiger partial charge in [0.25, 0.3) is 0 Å². The lowest BCUT2D eigenvalue weighted by molar-refractivity contribution is -0.167. The molecule has 0 rings (SSSR count). The molecular formula is C49H74O6. The van der Waals surface area contributed by atoms with Crippen LogP contribution in [0.3, 0.4) is 0 Å². The summed E-state index contributed by atoms with van der Waals surface area (Å²) < 4.78 is 16.5. The SMILES string of the molecule is CC\C=C/C=C\C=C/C=C\C=C/CCCC(=O)OCC(COC(=O)CCCCCCCCCCCCC)OC(=O)CCC\C=C/C=C\C=C/C=C\C=C/CC. The van der Waals surface area contributed by atoms with Crippen molar-refractivity contribution in [3.63, 3.8) is 0 Å². The molecule has 0 N–H and O–H groups in total. The quantitative estimate of drug-likeness (QED) is 0.0277. The van der Waals surface area contributed by atoms with Gasteiger partial charge in [-0.05, 0) is 44.9 Å². The van der Waals surface area contributed by atoms with E-state index in [1.54, 1.807) is 0 Å². The third-order valence-electron chi connectivity index (χ3n) is 8.22. The van der Waals surface area contributed by atoms with Crippen molar-refractivity contribution >= 4 is 17.9 Å². The Morgan fingerprint density at radius 1 is 0.382 bits per heavy atom. The minimum absolute atomic E-state index is 0.132. The zero-order chi connectivity index (χ0) is 40.1. The van der Waals surface area contributed by atoms with Crippen LogP contribution in [0.1, 0.15) is 149 Å². The van der Waals surface area contributed by atoms with E-state index in [0.29, 0.717) is 25.7 Å². The number of allylic oxidation sites excluding steroid dienone is 20. The fraction of sp³-hybridized carbons (Fsp3) is 0.531. The summed E-state index contributed by atoms with van der Waals surface area (Å²) in [7, 11) is 0. The van der Waals surface area contributed by atoms with Gasteiger partial charge < -0.3 is 14.2 Å². The zero-order valence-electron chi connectivity index (χ0n) is 34.6. The number of hydrogen-bond donors (Lipinski definition) is 0. The molecule has 0 aromatic rings. The first-order valence-corrected chi connectivity index (χ1v) is 21.2. The van der Waals surface area contributed by atoms with Gasteiger partial charge >= 0.3 is 17.9 Å². The van der Waals surface area contributed by atoms with Crippen molar-refractivity contribution in [3.8, 4) is 0 Å². The molecule has 1 atom stereocenters. The van der Waals surface area contributed by atoms with Crippen LogP contribution in [-0.2, 0) is 28.6 Å². The fourth-order valence-corrected chi connectivity index (χ4v) is 5.09. The second-order valence-corrected chi connectivity index (χ2v) is 13.4. The largest absolute Gasteiger partial charge is 0.462 e. The molecule has 306 valence electrons. The van der Waals surface area contributed by atoms with Crippen molar-refractivity contribution in [2.45, 2.75) is 155 Å². The summed E-state index contributed by atoms with van der Waals surface area (Å²) in [6, 6.07) is 0. The second kappa shape index (κ2) is 42.6. The van der Waals surface area contributed by atoms with Crippen LogP contribution in [0.15, 0.2) is 122 Å². The highest BCUT2D eigenvalue weighted by Crippen LogP contribution is 2.13. The van der Waals surface area contributed by atoms with E-state index in [1.807, 2.05) is 109 Å². The van der Waals surface area contributed by atoms with Crippen molar-refractivity contribution < 1.29 is 28.6 Å². The van der Waals surface area contributed by atoms with Gasteiger partial charge in [0.1, 0.15) is 13.2 Å². The summed E-state index contributed by atoms with van der Waals surface area (Å²) >= 11 is 0. The smallest absolute Gasteiger partial charge is 0.306 e. The molecule has 0 radical (unpaired) electrons. The lowest BCUT2D eigenvalue weighted by Gasteiger charge is -2.18. The van der Waals surface area contributed by atoms with Crippen LogP contribution in [0.2, 0.25) is 0 Å². The zero-order valence-corrected chi connectivity index (χ0v) is 34.6. The van der Waals surface area contributed by atoms with E-state index in [4.69, 9.17) is 14.2 Å². The molecule has 0 aliphatic rings. The normalized spacial score (nSPS) is 13.3. The fourth-order valence-electron chi connectivity index (χ4n) is 5.09. The summed E-state index contributed by atoms with van der Waals surface area (Å²) in [6.45, 7) is 6.16. The van der Waals surface area contributed by atoms with Crippen molar-refractivity contribution in [3.05, 3.63) is 122 Å². The number of carbonyl (C=O) groups excluding carboxylic acids is 3. The number of rotatable bonds is 35. The van der Waals surface area contributed by atoms with Gasteiger partial charge in [-0.15, -0.1) is 0 Å². The Labute approximate surface area is 335 Å². The molecule has 0 spiro atoms. The van der Waals surface area contributed by atoms with Crippen LogP contribution < -0.4 is 0 Å². The van der Waals surface area contributed by atoms with E-state index in [1.165, 1.54) is 51.4 Å². The monoisotopic (exact) mass is 759 g/mol. The van der Waals surface area contributed by atoms with Crippen LogP contribution in [0.5, 0.6) is 0 Å². The van der Waals surface area contributed by atoms with Gasteiger partial charge in [-0.1, -0.05) is 206 Å². The minimum atomic E-state index is -0.842. The first-order valence-electron chi connectivity index (χ1n) is 21.2. The van der Waals surface area contributed by atoms with Gasteiger partial charge in [0, 0.05) is 19.3 Å². The standard InChI is InChI=1S/C49H74O6/c1-4-7-10-13-16-19-22-24-27-30-33-36-39-42-48(51)54-45-46(44-53-47(50)41-38-35-32-29-26-21-18-15-12-9-6-3)55-49(52)43-40-37-34-31-28-25-23-20-17-14-11-8-5-2/h7-8,10-11,13-14,16-17,19-20,22-25,27-28,30-31,33-34,46H,4-6,9,12,15,18,21,26,29,32,35-45H2,1-3H3/b10-7-,11-8-,16-13-,17-14-,22-19-,23-20-,27-24-,28-25-,33-30-,34-31-. The molecule has 0 bridgehead atoms.